The molecule has 1 aliphatic rings. The van der Waals surface area contributed by atoms with Gasteiger partial charge in [-0.1, -0.05) is 0 Å². The zero-order valence-electron chi connectivity index (χ0n) is 3.56. The normalized spacial score (nSPS) is 29.2. The van der Waals surface area contributed by atoms with E-state index in [9.17, 15) is 0 Å². The van der Waals surface area contributed by atoms with Crippen molar-refractivity contribution in [3.8, 4) is 0 Å². The maximum atomic E-state index is 4.74. The lowest BCUT2D eigenvalue weighted by molar-refractivity contribution is 0.156. The monoisotopic (exact) mass is 84.0 g/mol. The second-order valence-corrected chi connectivity index (χ2v) is 1.19. The van der Waals surface area contributed by atoms with Crippen LogP contribution in [0.2, 0.25) is 0 Å². The van der Waals surface area contributed by atoms with Crippen LogP contribution in [-0.2, 0) is 4.74 Å². The first-order valence-electron chi connectivity index (χ1n) is 1.88. The second kappa shape index (κ2) is 1.20. The molecule has 1 radical (unpaired) electrons. The van der Waals surface area contributed by atoms with Gasteiger partial charge in [-0.2, -0.15) is 0 Å². The van der Waals surface area contributed by atoms with Gasteiger partial charge in [-0.15, -0.1) is 0 Å². The van der Waals surface area contributed by atoms with E-state index in [4.69, 9.17) is 4.74 Å². The van der Waals surface area contributed by atoms with E-state index in [1.165, 1.54) is 0 Å². The molecule has 0 bridgehead atoms. The summed E-state index contributed by atoms with van der Waals surface area (Å²) < 4.78 is 4.74. The van der Waals surface area contributed by atoms with Crippen LogP contribution in [-0.4, -0.2) is 6.23 Å². The highest BCUT2D eigenvalue weighted by atomic mass is 16.5. The number of nitrogens with one attached hydrogen (secondary N) is 1. The third-order valence-corrected chi connectivity index (χ3v) is 0.622. The van der Waals surface area contributed by atoms with E-state index in [1.807, 2.05) is 6.92 Å². The van der Waals surface area contributed by atoms with Crippen molar-refractivity contribution >= 4 is 0 Å². The molecule has 0 saturated carbocycles. The summed E-state index contributed by atoms with van der Waals surface area (Å²) in [5.41, 5.74) is 0. The van der Waals surface area contributed by atoms with Gasteiger partial charge in [0.05, 0.1) is 0 Å². The number of rotatable bonds is 0. The van der Waals surface area contributed by atoms with Gasteiger partial charge >= 0.3 is 0 Å². The third-order valence-electron chi connectivity index (χ3n) is 0.622. The van der Waals surface area contributed by atoms with Crippen LogP contribution in [0.25, 0.3) is 0 Å². The smallest absolute Gasteiger partial charge is 0.181 e. The third kappa shape index (κ3) is 0.455. The lowest BCUT2D eigenvalue weighted by Gasteiger charge is -1.98. The highest BCUT2D eigenvalue weighted by Crippen LogP contribution is 1.90. The summed E-state index contributed by atoms with van der Waals surface area (Å²) in [4.78, 5) is 0. The molecule has 0 spiro atoms. The Hall–Kier alpha value is -0.660. The molecule has 6 heavy (non-hydrogen) atoms. The molecule has 1 heterocycles. The Labute approximate surface area is 36.8 Å². The summed E-state index contributed by atoms with van der Waals surface area (Å²) in [5.74, 6) is 0. The van der Waals surface area contributed by atoms with E-state index in [2.05, 4.69) is 11.6 Å². The summed E-state index contributed by atoms with van der Waals surface area (Å²) in [6.07, 6.45) is 4.32. The molecule has 2 heteroatoms. The number of hydrogen-bond acceptors (Lipinski definition) is 2. The molecule has 0 saturated heterocycles. The summed E-state index contributed by atoms with van der Waals surface area (Å²) >= 11 is 0. The molecule has 0 aromatic rings. The minimum absolute atomic E-state index is 0.130. The second-order valence-electron chi connectivity index (χ2n) is 1.19. The van der Waals surface area contributed by atoms with Crippen molar-refractivity contribution in [2.75, 3.05) is 0 Å². The van der Waals surface area contributed by atoms with Gasteiger partial charge in [-0.25, -0.2) is 0 Å². The summed E-state index contributed by atoms with van der Waals surface area (Å²) in [7, 11) is 0. The predicted molar refractivity (Wildman–Crippen MR) is 21.5 cm³/mol. The Kier molecular flexibility index (Phi) is 0.708. The molecule has 1 aliphatic heterocycles. The quantitative estimate of drug-likeness (QED) is 0.453. The van der Waals surface area contributed by atoms with Gasteiger partial charge in [0.15, 0.2) is 12.5 Å². The molecule has 0 aliphatic carbocycles. The summed E-state index contributed by atoms with van der Waals surface area (Å²) in [6, 6.07) is 0. The Morgan fingerprint density at radius 1 is 2.00 bits per heavy atom. The maximum Gasteiger partial charge on any atom is 0.181 e. The van der Waals surface area contributed by atoms with Crippen LogP contribution in [0.1, 0.15) is 6.92 Å². The minimum Gasteiger partial charge on any atom is -0.466 e. The SMILES string of the molecule is CC1NC=[C]O1. The lowest BCUT2D eigenvalue weighted by atomic mass is 10.7. The van der Waals surface area contributed by atoms with Gasteiger partial charge < -0.3 is 10.1 Å². The van der Waals surface area contributed by atoms with Gasteiger partial charge in [0.1, 0.15) is 0 Å². The van der Waals surface area contributed by atoms with Crippen molar-refractivity contribution in [3.05, 3.63) is 12.5 Å². The van der Waals surface area contributed by atoms with Crippen molar-refractivity contribution in [2.45, 2.75) is 13.2 Å². The van der Waals surface area contributed by atoms with Gasteiger partial charge in [-0.3, -0.25) is 0 Å². The maximum absolute atomic E-state index is 4.74. The van der Waals surface area contributed by atoms with Crippen LogP contribution in [0.3, 0.4) is 0 Å². The van der Waals surface area contributed by atoms with Crippen molar-refractivity contribution in [2.24, 2.45) is 0 Å². The Balaban J connectivity index is 2.32. The van der Waals surface area contributed by atoms with Crippen LogP contribution >= 0.6 is 0 Å². The first-order valence-corrected chi connectivity index (χ1v) is 1.88. The van der Waals surface area contributed by atoms with E-state index >= 15 is 0 Å². The molecule has 1 N–H and O–H groups in total. The molecule has 1 atom stereocenters. The molecular weight excluding hydrogens is 78.0 g/mol. The van der Waals surface area contributed by atoms with Gasteiger partial charge in [0.2, 0.25) is 0 Å². The Bertz CT molecular complexity index is 61.9. The zero-order chi connectivity index (χ0) is 4.41. The summed E-state index contributed by atoms with van der Waals surface area (Å²) in [5, 5.41) is 2.86. The fraction of sp³-hybridized carbons (Fsp3) is 0.500. The average Bonchev–Trinajstić information content (AvgIpc) is 1.86. The first-order chi connectivity index (χ1) is 2.89. The van der Waals surface area contributed by atoms with Crippen molar-refractivity contribution < 1.29 is 4.74 Å². The van der Waals surface area contributed by atoms with Crippen molar-refractivity contribution in [1.29, 1.82) is 0 Å². The molecule has 0 amide bonds. The number of hydrogen-bond donors (Lipinski definition) is 1. The highest BCUT2D eigenvalue weighted by Gasteiger charge is 1.98. The van der Waals surface area contributed by atoms with Crippen LogP contribution in [0, 0.1) is 6.26 Å². The Morgan fingerprint density at radius 2 is 2.83 bits per heavy atom. The molecule has 2 nitrogen and oxygen atoms in total. The molecule has 0 aromatic carbocycles. The van der Waals surface area contributed by atoms with E-state index in [-0.39, 0.29) is 6.23 Å². The predicted octanol–water partition coefficient (Wildman–Crippen LogP) is 0.227. The zero-order valence-corrected chi connectivity index (χ0v) is 3.56. The van der Waals surface area contributed by atoms with E-state index in [1.54, 1.807) is 6.20 Å². The van der Waals surface area contributed by atoms with Gasteiger partial charge in [-0.05, 0) is 6.92 Å². The average molecular weight is 84.1 g/mol. The van der Waals surface area contributed by atoms with Crippen LogP contribution in [0.15, 0.2) is 6.20 Å². The van der Waals surface area contributed by atoms with Crippen LogP contribution in [0.5, 0.6) is 0 Å². The minimum atomic E-state index is 0.130. The van der Waals surface area contributed by atoms with E-state index < -0.39 is 0 Å². The first kappa shape index (κ1) is 3.53. The molecule has 0 fully saturated rings. The van der Waals surface area contributed by atoms with E-state index in [0.29, 0.717) is 0 Å². The van der Waals surface area contributed by atoms with E-state index in [0.717, 1.165) is 0 Å². The van der Waals surface area contributed by atoms with Gasteiger partial charge in [0.25, 0.3) is 0 Å². The molecule has 1 unspecified atom stereocenters. The van der Waals surface area contributed by atoms with Crippen molar-refractivity contribution in [1.82, 2.24) is 5.32 Å². The molecular formula is C4H6NO. The standard InChI is InChI=1S/C4H6NO/c1-4-5-2-3-6-4/h2,4-5H,1H3. The largest absolute Gasteiger partial charge is 0.466 e. The highest BCUT2D eigenvalue weighted by molar-refractivity contribution is 4.72. The lowest BCUT2D eigenvalue weighted by Crippen LogP contribution is -2.14. The molecule has 1 rings (SSSR count). The van der Waals surface area contributed by atoms with Gasteiger partial charge in [0, 0.05) is 6.20 Å². The molecule has 33 valence electrons. The van der Waals surface area contributed by atoms with Crippen LogP contribution < -0.4 is 5.32 Å². The topological polar surface area (TPSA) is 21.3 Å². The van der Waals surface area contributed by atoms with Crippen molar-refractivity contribution in [3.63, 3.8) is 0 Å². The van der Waals surface area contributed by atoms with Crippen LogP contribution in [0.4, 0.5) is 0 Å². The fourth-order valence-electron chi connectivity index (χ4n) is 0.321. The number of ether oxygens (including phenoxy) is 1. The molecule has 0 aromatic heterocycles. The summed E-state index contributed by atoms with van der Waals surface area (Å²) in [6.45, 7) is 1.91. The Morgan fingerprint density at radius 3 is 3.00 bits per heavy atom. The fourth-order valence-corrected chi connectivity index (χ4v) is 0.321.